The number of carboxylic acid groups (broad SMARTS) is 1. The highest BCUT2D eigenvalue weighted by Gasteiger charge is 2.14. The van der Waals surface area contributed by atoms with Gasteiger partial charge in [-0.3, -0.25) is 0 Å². The first-order chi connectivity index (χ1) is 7.59. The summed E-state index contributed by atoms with van der Waals surface area (Å²) in [6.07, 6.45) is 2.96. The molecule has 0 saturated carbocycles. The van der Waals surface area contributed by atoms with Crippen LogP contribution in [0.4, 0.5) is 0 Å². The van der Waals surface area contributed by atoms with Crippen molar-refractivity contribution in [3.05, 3.63) is 40.8 Å². The maximum absolute atomic E-state index is 10.8. The van der Waals surface area contributed by atoms with Crippen molar-refractivity contribution >= 4 is 17.6 Å². The van der Waals surface area contributed by atoms with E-state index in [1.807, 2.05) is 0 Å². The first kappa shape index (κ1) is 10.6. The Balaban J connectivity index is 2.54. The molecular weight excluding hydrogens is 230 g/mol. The minimum absolute atomic E-state index is 0.140. The molecule has 6 heteroatoms. The van der Waals surface area contributed by atoms with Crippen molar-refractivity contribution in [2.45, 2.75) is 6.92 Å². The van der Waals surface area contributed by atoms with Crippen molar-refractivity contribution in [2.24, 2.45) is 0 Å². The highest BCUT2D eigenvalue weighted by atomic mass is 35.5. The van der Waals surface area contributed by atoms with Crippen molar-refractivity contribution in [2.75, 3.05) is 0 Å². The Kier molecular flexibility index (Phi) is 2.62. The first-order valence-electron chi connectivity index (χ1n) is 4.50. The molecule has 0 bridgehead atoms. The van der Waals surface area contributed by atoms with Gasteiger partial charge in [0, 0.05) is 12.4 Å². The maximum atomic E-state index is 10.8. The van der Waals surface area contributed by atoms with Crippen LogP contribution < -0.4 is 0 Å². The molecule has 0 amide bonds. The largest absolute Gasteiger partial charge is 0.478 e. The Hall–Kier alpha value is -1.88. The third kappa shape index (κ3) is 1.77. The van der Waals surface area contributed by atoms with Crippen LogP contribution >= 0.6 is 11.6 Å². The number of halogens is 1. The Morgan fingerprint density at radius 1 is 1.56 bits per heavy atom. The molecule has 0 atom stereocenters. The predicted octanol–water partition coefficient (Wildman–Crippen LogP) is 1.93. The second kappa shape index (κ2) is 3.94. The lowest BCUT2D eigenvalue weighted by molar-refractivity contribution is 0.0696. The SMILES string of the molecule is Cc1nn(-c2ncccc2Cl)cc1C(=O)O. The summed E-state index contributed by atoms with van der Waals surface area (Å²) in [5.41, 5.74) is 0.566. The number of aromatic nitrogens is 3. The second-order valence-electron chi connectivity index (χ2n) is 3.19. The van der Waals surface area contributed by atoms with Gasteiger partial charge in [-0.1, -0.05) is 11.6 Å². The minimum atomic E-state index is -1.02. The van der Waals surface area contributed by atoms with Crippen LogP contribution in [-0.2, 0) is 0 Å². The molecular formula is C10H8ClN3O2. The normalized spacial score (nSPS) is 10.4. The molecule has 1 N–H and O–H groups in total. The van der Waals surface area contributed by atoms with E-state index in [2.05, 4.69) is 10.1 Å². The van der Waals surface area contributed by atoms with Crippen LogP contribution in [0.15, 0.2) is 24.5 Å². The number of aromatic carboxylic acids is 1. The van der Waals surface area contributed by atoms with Gasteiger partial charge in [0.15, 0.2) is 5.82 Å². The lowest BCUT2D eigenvalue weighted by Gasteiger charge is -2.00. The quantitative estimate of drug-likeness (QED) is 0.867. The van der Waals surface area contributed by atoms with Crippen molar-refractivity contribution in [1.29, 1.82) is 0 Å². The van der Waals surface area contributed by atoms with Gasteiger partial charge in [0.25, 0.3) is 0 Å². The monoisotopic (exact) mass is 237 g/mol. The zero-order valence-corrected chi connectivity index (χ0v) is 9.14. The fourth-order valence-corrected chi connectivity index (χ4v) is 1.53. The van der Waals surface area contributed by atoms with Crippen molar-refractivity contribution < 1.29 is 9.90 Å². The molecule has 82 valence electrons. The van der Waals surface area contributed by atoms with E-state index in [1.165, 1.54) is 10.9 Å². The molecule has 2 aromatic rings. The number of hydrogen-bond acceptors (Lipinski definition) is 3. The Morgan fingerprint density at radius 2 is 2.31 bits per heavy atom. The summed E-state index contributed by atoms with van der Waals surface area (Å²) in [6.45, 7) is 1.62. The van der Waals surface area contributed by atoms with Crippen LogP contribution in [0, 0.1) is 6.92 Å². The van der Waals surface area contributed by atoms with Crippen molar-refractivity contribution in [1.82, 2.24) is 14.8 Å². The molecule has 0 spiro atoms. The van der Waals surface area contributed by atoms with Gasteiger partial charge in [0.1, 0.15) is 5.56 Å². The number of pyridine rings is 1. The lowest BCUT2D eigenvalue weighted by Crippen LogP contribution is -1.98. The Labute approximate surface area is 96.3 Å². The zero-order valence-electron chi connectivity index (χ0n) is 8.38. The molecule has 0 aliphatic carbocycles. The summed E-state index contributed by atoms with van der Waals surface area (Å²) in [7, 11) is 0. The van der Waals surface area contributed by atoms with Gasteiger partial charge in [-0.25, -0.2) is 14.5 Å². The lowest BCUT2D eigenvalue weighted by atomic mass is 10.3. The molecule has 0 fully saturated rings. The summed E-state index contributed by atoms with van der Waals surface area (Å²) in [6, 6.07) is 3.36. The molecule has 2 rings (SSSR count). The van der Waals surface area contributed by atoms with Crippen LogP contribution in [0.1, 0.15) is 16.1 Å². The van der Waals surface area contributed by atoms with Crippen LogP contribution in [0.2, 0.25) is 5.02 Å². The Bertz CT molecular complexity index is 551. The van der Waals surface area contributed by atoms with E-state index in [4.69, 9.17) is 16.7 Å². The first-order valence-corrected chi connectivity index (χ1v) is 4.88. The average Bonchev–Trinajstić information content (AvgIpc) is 2.61. The number of rotatable bonds is 2. The standard InChI is InChI=1S/C10H8ClN3O2/c1-6-7(10(15)16)5-14(13-6)9-8(11)3-2-4-12-9/h2-5H,1H3,(H,15,16). The number of nitrogens with zero attached hydrogens (tertiary/aromatic N) is 3. The summed E-state index contributed by atoms with van der Waals surface area (Å²) in [5, 5.41) is 13.4. The van der Waals surface area contributed by atoms with Gasteiger partial charge in [-0.05, 0) is 19.1 Å². The number of hydrogen-bond donors (Lipinski definition) is 1. The third-order valence-electron chi connectivity index (χ3n) is 2.09. The molecule has 0 saturated heterocycles. The molecule has 0 aliphatic heterocycles. The molecule has 16 heavy (non-hydrogen) atoms. The molecule has 2 aromatic heterocycles. The highest BCUT2D eigenvalue weighted by Crippen LogP contribution is 2.18. The molecule has 0 unspecified atom stereocenters. The molecule has 0 aliphatic rings. The zero-order chi connectivity index (χ0) is 11.7. The summed E-state index contributed by atoms with van der Waals surface area (Å²) in [5.74, 6) is -0.601. The van der Waals surface area contributed by atoms with Gasteiger partial charge in [-0.15, -0.1) is 0 Å². The Morgan fingerprint density at radius 3 is 2.88 bits per heavy atom. The van der Waals surface area contributed by atoms with Gasteiger partial charge in [0.2, 0.25) is 0 Å². The smallest absolute Gasteiger partial charge is 0.339 e. The molecule has 2 heterocycles. The minimum Gasteiger partial charge on any atom is -0.478 e. The van der Waals surface area contributed by atoms with Crippen molar-refractivity contribution in [3.63, 3.8) is 0 Å². The molecule has 5 nitrogen and oxygen atoms in total. The van der Waals surface area contributed by atoms with Crippen LogP contribution in [0.5, 0.6) is 0 Å². The fraction of sp³-hybridized carbons (Fsp3) is 0.100. The fourth-order valence-electron chi connectivity index (χ4n) is 1.32. The molecule has 0 aromatic carbocycles. The number of carboxylic acids is 1. The number of carbonyl (C=O) groups is 1. The van der Waals surface area contributed by atoms with E-state index in [1.54, 1.807) is 25.3 Å². The van der Waals surface area contributed by atoms with Crippen LogP contribution in [-0.4, -0.2) is 25.8 Å². The topological polar surface area (TPSA) is 68.0 Å². The van der Waals surface area contributed by atoms with E-state index in [-0.39, 0.29) is 5.56 Å². The van der Waals surface area contributed by atoms with E-state index in [9.17, 15) is 4.79 Å². The third-order valence-corrected chi connectivity index (χ3v) is 2.38. The molecule has 0 radical (unpaired) electrons. The average molecular weight is 238 g/mol. The maximum Gasteiger partial charge on any atom is 0.339 e. The predicted molar refractivity (Wildman–Crippen MR) is 58.1 cm³/mol. The van der Waals surface area contributed by atoms with E-state index in [0.717, 1.165) is 0 Å². The summed E-state index contributed by atoms with van der Waals surface area (Å²) < 4.78 is 1.36. The van der Waals surface area contributed by atoms with E-state index < -0.39 is 5.97 Å². The summed E-state index contributed by atoms with van der Waals surface area (Å²) >= 11 is 5.93. The van der Waals surface area contributed by atoms with Gasteiger partial charge in [0.05, 0.1) is 10.7 Å². The van der Waals surface area contributed by atoms with Crippen LogP contribution in [0.3, 0.4) is 0 Å². The second-order valence-corrected chi connectivity index (χ2v) is 3.59. The van der Waals surface area contributed by atoms with E-state index in [0.29, 0.717) is 16.5 Å². The van der Waals surface area contributed by atoms with Crippen LogP contribution in [0.25, 0.3) is 5.82 Å². The van der Waals surface area contributed by atoms with Gasteiger partial charge in [-0.2, -0.15) is 5.10 Å². The number of aryl methyl sites for hydroxylation is 1. The van der Waals surface area contributed by atoms with Gasteiger partial charge < -0.3 is 5.11 Å². The van der Waals surface area contributed by atoms with E-state index >= 15 is 0 Å². The summed E-state index contributed by atoms with van der Waals surface area (Å²) in [4.78, 5) is 14.9. The van der Waals surface area contributed by atoms with Gasteiger partial charge >= 0.3 is 5.97 Å². The highest BCUT2D eigenvalue weighted by molar-refractivity contribution is 6.32. The van der Waals surface area contributed by atoms with Crippen molar-refractivity contribution in [3.8, 4) is 5.82 Å².